The molecule has 1 rings (SSSR count). The van der Waals surface area contributed by atoms with Crippen LogP contribution in [0.4, 0.5) is 5.69 Å². The summed E-state index contributed by atoms with van der Waals surface area (Å²) in [5.41, 5.74) is 0.621. The second-order valence-electron chi connectivity index (χ2n) is 4.01. The number of Topliss-reactive ketones (excluding diaryl/α,β-unsaturated/α-hetero) is 1. The van der Waals surface area contributed by atoms with Crippen molar-refractivity contribution < 1.29 is 14.3 Å². The minimum Gasteiger partial charge on any atom is -0.488 e. The largest absolute Gasteiger partial charge is 0.488 e. The molecule has 1 atom stereocenters. The molecule has 1 N–H and O–H groups in total. The molecule has 0 aliphatic carbocycles. The molecular formula is C13H17NO3. The third-order valence-electron chi connectivity index (χ3n) is 2.10. The molecule has 0 radical (unpaired) electrons. The Bertz CT molecular complexity index is 415. The Morgan fingerprint density at radius 3 is 2.53 bits per heavy atom. The van der Waals surface area contributed by atoms with Crippen molar-refractivity contribution in [3.8, 4) is 5.75 Å². The summed E-state index contributed by atoms with van der Waals surface area (Å²) in [4.78, 5) is 22.0. The first-order valence-corrected chi connectivity index (χ1v) is 5.51. The molecule has 0 aromatic heterocycles. The van der Waals surface area contributed by atoms with Crippen LogP contribution in [0.3, 0.4) is 0 Å². The number of para-hydroxylation sites is 2. The quantitative estimate of drug-likeness (QED) is 0.852. The lowest BCUT2D eigenvalue weighted by molar-refractivity contribution is -0.118. The third kappa shape index (κ3) is 4.68. The molecule has 0 saturated heterocycles. The molecule has 0 aliphatic rings. The summed E-state index contributed by atoms with van der Waals surface area (Å²) >= 11 is 0. The molecule has 0 spiro atoms. The summed E-state index contributed by atoms with van der Waals surface area (Å²) in [5.74, 6) is 0.506. The average molecular weight is 235 g/mol. The normalized spacial score (nSPS) is 11.7. The summed E-state index contributed by atoms with van der Waals surface area (Å²) < 4.78 is 5.62. The van der Waals surface area contributed by atoms with Crippen LogP contribution in [-0.2, 0) is 9.59 Å². The van der Waals surface area contributed by atoms with Crippen molar-refractivity contribution in [2.45, 2.75) is 33.3 Å². The number of hydrogen-bond acceptors (Lipinski definition) is 3. The molecule has 1 unspecified atom stereocenters. The Kier molecular flexibility index (Phi) is 4.69. The molecule has 92 valence electrons. The molecule has 4 heteroatoms. The molecule has 0 heterocycles. The van der Waals surface area contributed by atoms with E-state index in [4.69, 9.17) is 4.74 Å². The Balaban J connectivity index is 2.75. The fourth-order valence-electron chi connectivity index (χ4n) is 1.53. The maximum Gasteiger partial charge on any atom is 0.221 e. The number of carbonyl (C=O) groups excluding carboxylic acids is 2. The van der Waals surface area contributed by atoms with Gasteiger partial charge in [0.2, 0.25) is 5.91 Å². The van der Waals surface area contributed by atoms with Gasteiger partial charge in [-0.1, -0.05) is 12.1 Å². The van der Waals surface area contributed by atoms with Crippen molar-refractivity contribution in [1.29, 1.82) is 0 Å². The molecule has 1 aromatic carbocycles. The topological polar surface area (TPSA) is 55.4 Å². The van der Waals surface area contributed by atoms with Crippen molar-refractivity contribution in [2.75, 3.05) is 5.32 Å². The standard InChI is InChI=1S/C13H17NO3/c1-9(15)8-10(2)17-13-7-5-4-6-12(13)14-11(3)16/h4-7,10H,8H2,1-3H3,(H,14,16). The van der Waals surface area contributed by atoms with Crippen LogP contribution in [0.5, 0.6) is 5.75 Å². The van der Waals surface area contributed by atoms with E-state index in [-0.39, 0.29) is 17.8 Å². The van der Waals surface area contributed by atoms with Crippen molar-refractivity contribution in [3.63, 3.8) is 0 Å². The molecule has 1 aromatic rings. The number of amides is 1. The first-order valence-electron chi connectivity index (χ1n) is 5.51. The van der Waals surface area contributed by atoms with Gasteiger partial charge in [-0.05, 0) is 26.0 Å². The van der Waals surface area contributed by atoms with Gasteiger partial charge in [-0.2, -0.15) is 0 Å². The van der Waals surface area contributed by atoms with E-state index in [1.54, 1.807) is 12.1 Å². The lowest BCUT2D eigenvalue weighted by Gasteiger charge is -2.16. The van der Waals surface area contributed by atoms with Gasteiger partial charge >= 0.3 is 0 Å². The van der Waals surface area contributed by atoms with E-state index in [1.807, 2.05) is 19.1 Å². The van der Waals surface area contributed by atoms with Gasteiger partial charge in [0.05, 0.1) is 5.69 Å². The van der Waals surface area contributed by atoms with Crippen LogP contribution in [-0.4, -0.2) is 17.8 Å². The molecule has 1 amide bonds. The minimum absolute atomic E-state index is 0.0782. The van der Waals surface area contributed by atoms with Crippen LogP contribution in [0.2, 0.25) is 0 Å². The van der Waals surface area contributed by atoms with E-state index in [0.29, 0.717) is 17.9 Å². The zero-order valence-corrected chi connectivity index (χ0v) is 10.3. The van der Waals surface area contributed by atoms with Gasteiger partial charge in [0, 0.05) is 13.3 Å². The first-order chi connectivity index (χ1) is 7.99. The van der Waals surface area contributed by atoms with Gasteiger partial charge in [-0.3, -0.25) is 9.59 Å². The summed E-state index contributed by atoms with van der Waals surface area (Å²) in [6.07, 6.45) is 0.149. The van der Waals surface area contributed by atoms with Crippen LogP contribution in [0.15, 0.2) is 24.3 Å². The van der Waals surface area contributed by atoms with Crippen LogP contribution in [0, 0.1) is 0 Å². The summed E-state index contributed by atoms with van der Waals surface area (Å²) in [5, 5.41) is 2.68. The Morgan fingerprint density at radius 2 is 1.94 bits per heavy atom. The lowest BCUT2D eigenvalue weighted by Crippen LogP contribution is -2.17. The van der Waals surface area contributed by atoms with Crippen molar-refractivity contribution in [2.24, 2.45) is 0 Å². The first kappa shape index (κ1) is 13.2. The maximum atomic E-state index is 11.0. The number of ether oxygens (including phenoxy) is 1. The molecule has 0 saturated carbocycles. The van der Waals surface area contributed by atoms with Crippen molar-refractivity contribution in [3.05, 3.63) is 24.3 Å². The number of hydrogen-bond donors (Lipinski definition) is 1. The fraction of sp³-hybridized carbons (Fsp3) is 0.385. The maximum absolute atomic E-state index is 11.0. The van der Waals surface area contributed by atoms with E-state index < -0.39 is 0 Å². The van der Waals surface area contributed by atoms with Gasteiger partial charge in [-0.15, -0.1) is 0 Å². The highest BCUT2D eigenvalue weighted by atomic mass is 16.5. The summed E-state index contributed by atoms with van der Waals surface area (Å²) in [6, 6.07) is 7.16. The predicted molar refractivity (Wildman–Crippen MR) is 66.1 cm³/mol. The highest BCUT2D eigenvalue weighted by Gasteiger charge is 2.10. The number of nitrogens with one attached hydrogen (secondary N) is 1. The number of benzene rings is 1. The minimum atomic E-state index is -0.206. The fourth-order valence-corrected chi connectivity index (χ4v) is 1.53. The van der Waals surface area contributed by atoms with Crippen LogP contribution < -0.4 is 10.1 Å². The number of rotatable bonds is 5. The monoisotopic (exact) mass is 235 g/mol. The number of carbonyl (C=O) groups is 2. The average Bonchev–Trinajstić information content (AvgIpc) is 2.18. The third-order valence-corrected chi connectivity index (χ3v) is 2.10. The van der Waals surface area contributed by atoms with Gasteiger partial charge in [0.15, 0.2) is 0 Å². The Morgan fingerprint density at radius 1 is 1.29 bits per heavy atom. The highest BCUT2D eigenvalue weighted by Crippen LogP contribution is 2.25. The van der Waals surface area contributed by atoms with E-state index in [0.717, 1.165) is 0 Å². The zero-order chi connectivity index (χ0) is 12.8. The number of anilines is 1. The Labute approximate surface area is 101 Å². The smallest absolute Gasteiger partial charge is 0.221 e. The molecule has 0 aliphatic heterocycles. The zero-order valence-electron chi connectivity index (χ0n) is 10.3. The van der Waals surface area contributed by atoms with Gasteiger partial charge < -0.3 is 10.1 Å². The van der Waals surface area contributed by atoms with Crippen LogP contribution >= 0.6 is 0 Å². The lowest BCUT2D eigenvalue weighted by atomic mass is 10.2. The number of ketones is 1. The second-order valence-corrected chi connectivity index (χ2v) is 4.01. The second kappa shape index (κ2) is 6.03. The van der Waals surface area contributed by atoms with E-state index in [9.17, 15) is 9.59 Å². The molecule has 0 bridgehead atoms. The predicted octanol–water partition coefficient (Wildman–Crippen LogP) is 2.39. The summed E-state index contributed by atoms with van der Waals surface area (Å²) in [7, 11) is 0. The molecule has 17 heavy (non-hydrogen) atoms. The van der Waals surface area contributed by atoms with Gasteiger partial charge in [0.25, 0.3) is 0 Å². The molecule has 0 fully saturated rings. The van der Waals surface area contributed by atoms with Crippen molar-refractivity contribution >= 4 is 17.4 Å². The highest BCUT2D eigenvalue weighted by molar-refractivity contribution is 5.90. The van der Waals surface area contributed by atoms with Gasteiger partial charge in [-0.25, -0.2) is 0 Å². The van der Waals surface area contributed by atoms with Gasteiger partial charge in [0.1, 0.15) is 17.6 Å². The van der Waals surface area contributed by atoms with Crippen LogP contribution in [0.25, 0.3) is 0 Å². The Hall–Kier alpha value is -1.84. The van der Waals surface area contributed by atoms with E-state index >= 15 is 0 Å². The van der Waals surface area contributed by atoms with Crippen LogP contribution in [0.1, 0.15) is 27.2 Å². The summed E-state index contributed by atoms with van der Waals surface area (Å²) in [6.45, 7) is 4.79. The SMILES string of the molecule is CC(=O)CC(C)Oc1ccccc1NC(C)=O. The van der Waals surface area contributed by atoms with E-state index in [1.165, 1.54) is 13.8 Å². The van der Waals surface area contributed by atoms with Crippen molar-refractivity contribution in [1.82, 2.24) is 0 Å². The molecule has 4 nitrogen and oxygen atoms in total. The molecular weight excluding hydrogens is 218 g/mol. The van der Waals surface area contributed by atoms with E-state index in [2.05, 4.69) is 5.32 Å².